The summed E-state index contributed by atoms with van der Waals surface area (Å²) in [5, 5.41) is 6.91. The van der Waals surface area contributed by atoms with E-state index in [0.29, 0.717) is 5.56 Å². The monoisotopic (exact) mass is 232 g/mol. The van der Waals surface area contributed by atoms with Gasteiger partial charge in [-0.25, -0.2) is 0 Å². The highest BCUT2D eigenvalue weighted by atomic mass is 19.4. The Morgan fingerprint density at radius 2 is 1.75 bits per heavy atom. The molecule has 3 N–H and O–H groups in total. The van der Waals surface area contributed by atoms with Crippen LogP contribution in [0.2, 0.25) is 0 Å². The number of nitrogens with one attached hydrogen (secondary N) is 1. The number of nitrogen functional groups attached to an aromatic ring is 1. The van der Waals surface area contributed by atoms with Crippen LogP contribution in [0.5, 0.6) is 0 Å². The lowest BCUT2D eigenvalue weighted by molar-refractivity contribution is -0.0587. The molecular formula is C11H15F3N2. The highest BCUT2D eigenvalue weighted by Gasteiger charge is 2.36. The minimum Gasteiger partial charge on any atom is -0.398 e. The molecule has 0 atom stereocenters. The van der Waals surface area contributed by atoms with Gasteiger partial charge in [-0.15, -0.1) is 0 Å². The number of alkyl halides is 3. The number of hydrogen-bond donors (Lipinski definition) is 2. The molecule has 1 aromatic carbocycles. The van der Waals surface area contributed by atoms with Crippen molar-refractivity contribution in [3.8, 4) is 0 Å². The molecular weight excluding hydrogens is 217 g/mol. The first kappa shape index (κ1) is 14.5. The first-order valence-corrected chi connectivity index (χ1v) is 4.84. The van der Waals surface area contributed by atoms with Crippen LogP contribution in [-0.4, -0.2) is 11.9 Å². The van der Waals surface area contributed by atoms with Crippen molar-refractivity contribution in [2.75, 3.05) is 5.73 Å². The molecule has 0 saturated carbocycles. The minimum absolute atomic E-state index is 0.0297. The average Bonchev–Trinajstić information content (AvgIpc) is 2.22. The van der Waals surface area contributed by atoms with Gasteiger partial charge in [-0.3, -0.25) is 5.41 Å². The second-order valence-electron chi connectivity index (χ2n) is 2.96. The summed E-state index contributed by atoms with van der Waals surface area (Å²) in [5.74, 6) is 0. The molecule has 0 aliphatic rings. The zero-order valence-electron chi connectivity index (χ0n) is 9.44. The lowest BCUT2D eigenvalue weighted by Gasteiger charge is -2.11. The Morgan fingerprint density at radius 3 is 2.19 bits per heavy atom. The second-order valence-corrected chi connectivity index (χ2v) is 2.96. The second kappa shape index (κ2) is 5.53. The van der Waals surface area contributed by atoms with Crippen molar-refractivity contribution in [1.29, 1.82) is 5.41 Å². The van der Waals surface area contributed by atoms with Gasteiger partial charge in [-0.2, -0.15) is 13.2 Å². The van der Waals surface area contributed by atoms with E-state index in [0.717, 1.165) is 0 Å². The molecule has 0 spiro atoms. The highest BCUT2D eigenvalue weighted by Crippen LogP contribution is 2.25. The maximum Gasteiger partial charge on any atom is 0.433 e. The molecule has 0 aliphatic carbocycles. The van der Waals surface area contributed by atoms with E-state index in [2.05, 4.69) is 0 Å². The summed E-state index contributed by atoms with van der Waals surface area (Å²) in [4.78, 5) is 0. The number of nitrogens with two attached hydrogens (primary N) is 1. The fraction of sp³-hybridized carbons (Fsp3) is 0.364. The standard InChI is InChI=1S/C9H9F3N2.C2H6/c1-5-2-3-7(13)6(4-5)8(14)9(10,11)12;1-2/h2-4,14H,13H2,1H3;1-2H3. The van der Waals surface area contributed by atoms with Crippen molar-refractivity contribution >= 4 is 11.4 Å². The topological polar surface area (TPSA) is 49.9 Å². The molecule has 90 valence electrons. The normalized spacial score (nSPS) is 10.4. The van der Waals surface area contributed by atoms with Crippen molar-refractivity contribution in [2.45, 2.75) is 26.9 Å². The van der Waals surface area contributed by atoms with Crippen LogP contribution < -0.4 is 5.73 Å². The van der Waals surface area contributed by atoms with Gasteiger partial charge in [0.2, 0.25) is 0 Å². The molecule has 16 heavy (non-hydrogen) atoms. The molecule has 0 aliphatic heterocycles. The Labute approximate surface area is 92.8 Å². The molecule has 0 saturated heterocycles. The lowest BCUT2D eigenvalue weighted by Crippen LogP contribution is -2.23. The first-order chi connectivity index (χ1) is 7.32. The van der Waals surface area contributed by atoms with E-state index in [1.807, 2.05) is 13.8 Å². The number of benzene rings is 1. The molecule has 1 aromatic rings. The van der Waals surface area contributed by atoms with Gasteiger partial charge in [0.1, 0.15) is 5.71 Å². The van der Waals surface area contributed by atoms with Crippen LogP contribution in [0.1, 0.15) is 25.0 Å². The number of anilines is 1. The van der Waals surface area contributed by atoms with E-state index in [-0.39, 0.29) is 11.3 Å². The Kier molecular flexibility index (Phi) is 5.01. The van der Waals surface area contributed by atoms with Crippen LogP contribution in [0.25, 0.3) is 0 Å². The molecule has 0 radical (unpaired) electrons. The predicted molar refractivity (Wildman–Crippen MR) is 59.8 cm³/mol. The molecule has 0 bridgehead atoms. The molecule has 0 aromatic heterocycles. The third-order valence-corrected chi connectivity index (χ3v) is 1.76. The third-order valence-electron chi connectivity index (χ3n) is 1.76. The van der Waals surface area contributed by atoms with Gasteiger partial charge in [-0.05, 0) is 19.1 Å². The molecule has 5 heteroatoms. The fourth-order valence-electron chi connectivity index (χ4n) is 1.04. The fourth-order valence-corrected chi connectivity index (χ4v) is 1.04. The van der Waals surface area contributed by atoms with Crippen molar-refractivity contribution in [3.05, 3.63) is 29.3 Å². The van der Waals surface area contributed by atoms with Crippen molar-refractivity contribution in [1.82, 2.24) is 0 Å². The van der Waals surface area contributed by atoms with Crippen molar-refractivity contribution < 1.29 is 13.2 Å². The number of hydrogen-bond acceptors (Lipinski definition) is 2. The van der Waals surface area contributed by atoms with Crippen molar-refractivity contribution in [3.63, 3.8) is 0 Å². The first-order valence-electron chi connectivity index (χ1n) is 4.84. The van der Waals surface area contributed by atoms with Gasteiger partial charge in [0.15, 0.2) is 0 Å². The van der Waals surface area contributed by atoms with Crippen LogP contribution >= 0.6 is 0 Å². The zero-order valence-corrected chi connectivity index (χ0v) is 9.44. The predicted octanol–water partition coefficient (Wildman–Crippen LogP) is 3.53. The largest absolute Gasteiger partial charge is 0.433 e. The summed E-state index contributed by atoms with van der Waals surface area (Å²) in [6.07, 6.45) is -4.65. The summed E-state index contributed by atoms with van der Waals surface area (Å²) >= 11 is 0. The van der Waals surface area contributed by atoms with Crippen LogP contribution in [0.4, 0.5) is 18.9 Å². The summed E-state index contributed by atoms with van der Waals surface area (Å²) in [6, 6.07) is 4.22. The lowest BCUT2D eigenvalue weighted by atomic mass is 10.0. The summed E-state index contributed by atoms with van der Waals surface area (Å²) in [5.41, 5.74) is 4.29. The van der Waals surface area contributed by atoms with E-state index in [9.17, 15) is 13.2 Å². The number of aryl methyl sites for hydroxylation is 1. The smallest absolute Gasteiger partial charge is 0.398 e. The van der Waals surface area contributed by atoms with E-state index < -0.39 is 11.9 Å². The molecule has 0 amide bonds. The Morgan fingerprint density at radius 1 is 1.25 bits per heavy atom. The SMILES string of the molecule is CC.Cc1ccc(N)c(C(=N)C(F)(F)F)c1. The zero-order chi connectivity index (χ0) is 12.9. The van der Waals surface area contributed by atoms with Gasteiger partial charge >= 0.3 is 6.18 Å². The van der Waals surface area contributed by atoms with Crippen LogP contribution in [0.15, 0.2) is 18.2 Å². The molecule has 0 unspecified atom stereocenters. The Hall–Kier alpha value is -1.52. The summed E-state index contributed by atoms with van der Waals surface area (Å²) in [6.45, 7) is 5.65. The van der Waals surface area contributed by atoms with Gasteiger partial charge < -0.3 is 5.73 Å². The van der Waals surface area contributed by atoms with Gasteiger partial charge in [-0.1, -0.05) is 25.5 Å². The van der Waals surface area contributed by atoms with E-state index in [4.69, 9.17) is 11.1 Å². The van der Waals surface area contributed by atoms with Crippen molar-refractivity contribution in [2.24, 2.45) is 0 Å². The minimum atomic E-state index is -4.65. The molecule has 2 nitrogen and oxygen atoms in total. The maximum absolute atomic E-state index is 12.2. The Bertz CT molecular complexity index is 370. The number of halogens is 3. The quantitative estimate of drug-likeness (QED) is 0.564. The molecule has 0 heterocycles. The third kappa shape index (κ3) is 3.56. The summed E-state index contributed by atoms with van der Waals surface area (Å²) in [7, 11) is 0. The maximum atomic E-state index is 12.2. The van der Waals surface area contributed by atoms with E-state index >= 15 is 0 Å². The molecule has 0 fully saturated rings. The number of rotatable bonds is 1. The van der Waals surface area contributed by atoms with Crippen LogP contribution in [0, 0.1) is 12.3 Å². The van der Waals surface area contributed by atoms with E-state index in [1.54, 1.807) is 13.0 Å². The summed E-state index contributed by atoms with van der Waals surface area (Å²) < 4.78 is 36.5. The average molecular weight is 232 g/mol. The Balaban J connectivity index is 0.00000106. The van der Waals surface area contributed by atoms with Gasteiger partial charge in [0, 0.05) is 11.3 Å². The molecule has 1 rings (SSSR count). The van der Waals surface area contributed by atoms with Gasteiger partial charge in [0.05, 0.1) is 0 Å². The van der Waals surface area contributed by atoms with E-state index in [1.165, 1.54) is 12.1 Å². The van der Waals surface area contributed by atoms with Crippen LogP contribution in [0.3, 0.4) is 0 Å². The van der Waals surface area contributed by atoms with Gasteiger partial charge in [0.25, 0.3) is 0 Å². The highest BCUT2D eigenvalue weighted by molar-refractivity contribution is 6.06. The van der Waals surface area contributed by atoms with Crippen LogP contribution in [-0.2, 0) is 0 Å².